The molecule has 0 bridgehead atoms. The molecule has 114 valence electrons. The van der Waals surface area contributed by atoms with Gasteiger partial charge in [0.25, 0.3) is 0 Å². The van der Waals surface area contributed by atoms with Gasteiger partial charge in [0.1, 0.15) is 0 Å². The summed E-state index contributed by atoms with van der Waals surface area (Å²) in [4.78, 5) is 0. The van der Waals surface area contributed by atoms with E-state index in [-0.39, 0.29) is 0 Å². The van der Waals surface area contributed by atoms with Crippen LogP contribution in [0.2, 0.25) is 0 Å². The molecule has 3 heteroatoms. The molecule has 21 heavy (non-hydrogen) atoms. The summed E-state index contributed by atoms with van der Waals surface area (Å²) in [7, 11) is 0. The summed E-state index contributed by atoms with van der Waals surface area (Å²) in [6.45, 7) is 0. The lowest BCUT2D eigenvalue weighted by molar-refractivity contribution is 0.928. The molecule has 0 unspecified atom stereocenters. The van der Waals surface area contributed by atoms with E-state index in [4.69, 9.17) is 11.6 Å². The highest BCUT2D eigenvalue weighted by Crippen LogP contribution is 2.11. The normalized spacial score (nSPS) is 9.86. The average Bonchev–Trinajstić information content (AvgIpc) is 2.54. The fourth-order valence-corrected chi connectivity index (χ4v) is 2.52. The molecule has 0 heterocycles. The molecule has 0 amide bonds. The van der Waals surface area contributed by atoms with Gasteiger partial charge in [0.2, 0.25) is 0 Å². The lowest BCUT2D eigenvalue weighted by Gasteiger charge is -1.97. The Bertz CT molecular complexity index is 468. The maximum Gasteiger partial charge on any atom is 0.0226 e. The van der Waals surface area contributed by atoms with Crippen molar-refractivity contribution in [2.75, 3.05) is 11.2 Å². The summed E-state index contributed by atoms with van der Waals surface area (Å²) < 4.78 is 1.13. The zero-order valence-electron chi connectivity index (χ0n) is 12.1. The summed E-state index contributed by atoms with van der Waals surface area (Å²) in [5, 5.41) is 1.10. The van der Waals surface area contributed by atoms with Gasteiger partial charge in [-0.2, -0.15) is 0 Å². The summed E-state index contributed by atoms with van der Waals surface area (Å²) >= 11 is 12.4. The average molecular weight is 433 g/mol. The second kappa shape index (κ2) is 12.3. The van der Waals surface area contributed by atoms with E-state index in [1.807, 2.05) is 0 Å². The number of hydrogen-bond donors (Lipinski definition) is 0. The Hall–Kier alpha value is -0.310. The van der Waals surface area contributed by atoms with Crippen molar-refractivity contribution in [3.05, 3.63) is 70.2 Å². The van der Waals surface area contributed by atoms with Crippen molar-refractivity contribution in [1.29, 1.82) is 0 Å². The summed E-state index contributed by atoms with van der Waals surface area (Å²) in [5.74, 6) is 0.746. The van der Waals surface area contributed by atoms with Crippen LogP contribution in [0.4, 0.5) is 0 Å². The number of benzene rings is 2. The van der Waals surface area contributed by atoms with Crippen LogP contribution >= 0.6 is 43.5 Å². The second-order valence-electron chi connectivity index (χ2n) is 4.70. The highest BCUT2D eigenvalue weighted by atomic mass is 79.9. The summed E-state index contributed by atoms with van der Waals surface area (Å²) in [6.07, 6.45) is 4.55. The van der Waals surface area contributed by atoms with Crippen LogP contribution in [-0.2, 0) is 12.8 Å². The fraction of sp³-hybridized carbons (Fsp3) is 0.333. The van der Waals surface area contributed by atoms with Crippen molar-refractivity contribution in [2.24, 2.45) is 0 Å². The minimum atomic E-state index is 0.746. The molecule has 0 nitrogen and oxygen atoms in total. The monoisotopic (exact) mass is 430 g/mol. The molecule has 2 rings (SSSR count). The van der Waals surface area contributed by atoms with Crippen molar-refractivity contribution >= 4 is 43.5 Å². The standard InChI is InChI=1S/C9H10BrCl.C9H11Br/c10-9-5-3-8(4-6-9)2-1-7-11;10-8-4-7-9-5-2-1-3-6-9/h3-6H,1-2,7H2;1-3,5-6H,4,7-8H2. The Kier molecular flexibility index (Phi) is 10.9. The Morgan fingerprint density at radius 1 is 0.762 bits per heavy atom. The molecule has 2 aromatic carbocycles. The van der Waals surface area contributed by atoms with Crippen molar-refractivity contribution in [2.45, 2.75) is 25.7 Å². The molecule has 0 N–H and O–H groups in total. The van der Waals surface area contributed by atoms with Gasteiger partial charge in [-0.3, -0.25) is 0 Å². The summed E-state index contributed by atoms with van der Waals surface area (Å²) in [6, 6.07) is 18.9. The van der Waals surface area contributed by atoms with Crippen molar-refractivity contribution in [1.82, 2.24) is 0 Å². The molecule has 0 aromatic heterocycles. The third-order valence-corrected chi connectivity index (χ3v) is 4.31. The van der Waals surface area contributed by atoms with E-state index in [0.717, 1.165) is 28.5 Å². The summed E-state index contributed by atoms with van der Waals surface area (Å²) in [5.41, 5.74) is 2.79. The van der Waals surface area contributed by atoms with Crippen molar-refractivity contribution in [3.8, 4) is 0 Å². The molecule has 0 radical (unpaired) electrons. The van der Waals surface area contributed by atoms with E-state index in [1.165, 1.54) is 24.0 Å². The van der Waals surface area contributed by atoms with E-state index in [9.17, 15) is 0 Å². The molecule has 0 spiro atoms. The van der Waals surface area contributed by atoms with E-state index in [1.54, 1.807) is 0 Å². The van der Waals surface area contributed by atoms with Gasteiger partial charge in [0.05, 0.1) is 0 Å². The fourth-order valence-electron chi connectivity index (χ4n) is 1.84. The number of alkyl halides is 2. The first-order chi connectivity index (χ1) is 10.3. The Labute approximate surface area is 150 Å². The van der Waals surface area contributed by atoms with Crippen LogP contribution in [-0.4, -0.2) is 11.2 Å². The van der Waals surface area contributed by atoms with Crippen LogP contribution in [0.3, 0.4) is 0 Å². The number of aryl methyl sites for hydroxylation is 2. The lowest BCUT2D eigenvalue weighted by Crippen LogP contribution is -1.84. The maximum atomic E-state index is 5.57. The van der Waals surface area contributed by atoms with Gasteiger partial charge < -0.3 is 0 Å². The number of hydrogen-bond acceptors (Lipinski definition) is 0. The SMILES string of the molecule is BrCCCc1ccccc1.ClCCCc1ccc(Br)cc1. The zero-order valence-corrected chi connectivity index (χ0v) is 16.0. The van der Waals surface area contributed by atoms with Crippen LogP contribution in [0.15, 0.2) is 59.1 Å². The molecule has 0 aliphatic heterocycles. The minimum Gasteiger partial charge on any atom is -0.127 e. The highest BCUT2D eigenvalue weighted by molar-refractivity contribution is 9.10. The second-order valence-corrected chi connectivity index (χ2v) is 6.78. The molecule has 0 saturated carbocycles. The van der Waals surface area contributed by atoms with Crippen LogP contribution in [0, 0.1) is 0 Å². The Morgan fingerprint density at radius 3 is 1.90 bits per heavy atom. The third kappa shape index (κ3) is 9.34. The largest absolute Gasteiger partial charge is 0.127 e. The first-order valence-electron chi connectivity index (χ1n) is 7.16. The lowest BCUT2D eigenvalue weighted by atomic mass is 10.1. The van der Waals surface area contributed by atoms with E-state index in [2.05, 4.69) is 86.5 Å². The molecule has 0 aliphatic carbocycles. The third-order valence-electron chi connectivity index (χ3n) is 2.95. The maximum absolute atomic E-state index is 5.57. The topological polar surface area (TPSA) is 0 Å². The van der Waals surface area contributed by atoms with E-state index >= 15 is 0 Å². The van der Waals surface area contributed by atoms with E-state index < -0.39 is 0 Å². The van der Waals surface area contributed by atoms with Gasteiger partial charge in [-0.1, -0.05) is 74.3 Å². The molecule has 0 saturated heterocycles. The smallest absolute Gasteiger partial charge is 0.0226 e. The van der Waals surface area contributed by atoms with Gasteiger partial charge in [-0.25, -0.2) is 0 Å². The Morgan fingerprint density at radius 2 is 1.33 bits per heavy atom. The van der Waals surface area contributed by atoms with E-state index in [0.29, 0.717) is 0 Å². The van der Waals surface area contributed by atoms with Gasteiger partial charge in [-0.15, -0.1) is 11.6 Å². The molecule has 2 aromatic rings. The highest BCUT2D eigenvalue weighted by Gasteiger charge is 1.91. The number of rotatable bonds is 6. The predicted molar refractivity (Wildman–Crippen MR) is 102 cm³/mol. The van der Waals surface area contributed by atoms with Crippen LogP contribution < -0.4 is 0 Å². The van der Waals surface area contributed by atoms with Crippen molar-refractivity contribution < 1.29 is 0 Å². The minimum absolute atomic E-state index is 0.746. The molecular formula is C18H21Br2Cl. The molecule has 0 aliphatic rings. The van der Waals surface area contributed by atoms with Crippen LogP contribution in [0.1, 0.15) is 24.0 Å². The molecular weight excluding hydrogens is 411 g/mol. The number of halogens is 3. The first-order valence-corrected chi connectivity index (χ1v) is 9.61. The van der Waals surface area contributed by atoms with Crippen molar-refractivity contribution in [3.63, 3.8) is 0 Å². The van der Waals surface area contributed by atoms with Gasteiger partial charge in [0, 0.05) is 15.7 Å². The first kappa shape index (κ1) is 18.7. The van der Waals surface area contributed by atoms with Gasteiger partial charge >= 0.3 is 0 Å². The Balaban J connectivity index is 0.000000211. The van der Waals surface area contributed by atoms with Gasteiger partial charge in [0.15, 0.2) is 0 Å². The van der Waals surface area contributed by atoms with Gasteiger partial charge in [-0.05, 0) is 48.9 Å². The zero-order chi connectivity index (χ0) is 15.3. The predicted octanol–water partition coefficient (Wildman–Crippen LogP) is 6.63. The van der Waals surface area contributed by atoms with Crippen LogP contribution in [0.25, 0.3) is 0 Å². The molecule has 0 atom stereocenters. The quantitative estimate of drug-likeness (QED) is 0.449. The van der Waals surface area contributed by atoms with Crippen LogP contribution in [0.5, 0.6) is 0 Å². The molecule has 0 fully saturated rings.